The highest BCUT2D eigenvalue weighted by Crippen LogP contribution is 2.30. The second-order valence-electron chi connectivity index (χ2n) is 6.53. The van der Waals surface area contributed by atoms with Gasteiger partial charge in [-0.1, -0.05) is 43.3 Å². The fraction of sp³-hybridized carbons (Fsp3) is 0.500. The third kappa shape index (κ3) is 7.22. The predicted octanol–water partition coefficient (Wildman–Crippen LogP) is 3.74. The molecule has 1 aromatic rings. The summed E-state index contributed by atoms with van der Waals surface area (Å²) < 4.78 is 0. The number of aliphatic hydroxyl groups is 1. The van der Waals surface area contributed by atoms with Crippen LogP contribution in [0.25, 0.3) is 4.91 Å². The van der Waals surface area contributed by atoms with Crippen LogP contribution in [0.2, 0.25) is 0 Å². The highest BCUT2D eigenvalue weighted by molar-refractivity contribution is 8.21. The molecule has 0 aliphatic heterocycles. The van der Waals surface area contributed by atoms with Crippen LogP contribution < -0.4 is 5.73 Å². The Labute approximate surface area is 161 Å². The first kappa shape index (κ1) is 22.3. The van der Waals surface area contributed by atoms with Crippen molar-refractivity contribution >= 4 is 27.7 Å². The standard InChI is InChI=1S/C20H31N3O2S/c1-6-8-17(13-14(3)24)22-20(23(4)5)26-18(7-2)15-9-11-16(12-10-15)19(21)25/h7,9-12,14,17,24H,6,8,13H2,1-5H3,(H2,21,25)/b18-7-,22-20?. The van der Waals surface area contributed by atoms with Gasteiger partial charge < -0.3 is 15.7 Å². The van der Waals surface area contributed by atoms with E-state index in [1.54, 1.807) is 30.8 Å². The Morgan fingerprint density at radius 2 is 1.88 bits per heavy atom. The first-order chi connectivity index (χ1) is 12.3. The zero-order valence-corrected chi connectivity index (χ0v) is 17.2. The molecule has 2 unspecified atom stereocenters. The molecule has 6 heteroatoms. The van der Waals surface area contributed by atoms with Crippen LogP contribution in [-0.2, 0) is 0 Å². The first-order valence-corrected chi connectivity index (χ1v) is 9.77. The molecular weight excluding hydrogens is 346 g/mol. The number of hydrogen-bond donors (Lipinski definition) is 2. The SMILES string of the molecule is C/C=C(\SC(=NC(CCC)CC(C)O)N(C)C)c1ccc(C(N)=O)cc1. The number of benzene rings is 1. The Morgan fingerprint density at radius 3 is 2.31 bits per heavy atom. The van der Waals surface area contributed by atoms with Gasteiger partial charge in [-0.3, -0.25) is 9.79 Å². The Kier molecular flexibility index (Phi) is 9.44. The van der Waals surface area contributed by atoms with Gasteiger partial charge in [0.25, 0.3) is 0 Å². The maximum atomic E-state index is 11.2. The first-order valence-electron chi connectivity index (χ1n) is 8.96. The average molecular weight is 378 g/mol. The number of amidine groups is 1. The number of aliphatic imine (C=N–C) groups is 1. The van der Waals surface area contributed by atoms with Crippen LogP contribution in [0.3, 0.4) is 0 Å². The molecule has 0 heterocycles. The minimum Gasteiger partial charge on any atom is -0.393 e. The van der Waals surface area contributed by atoms with Gasteiger partial charge in [0.2, 0.25) is 5.91 Å². The topological polar surface area (TPSA) is 78.9 Å². The van der Waals surface area contributed by atoms with Crippen molar-refractivity contribution in [1.29, 1.82) is 0 Å². The monoisotopic (exact) mass is 377 g/mol. The van der Waals surface area contributed by atoms with E-state index in [1.165, 1.54) is 0 Å². The Bertz CT molecular complexity index is 637. The summed E-state index contributed by atoms with van der Waals surface area (Å²) in [5.74, 6) is -0.428. The predicted molar refractivity (Wildman–Crippen MR) is 112 cm³/mol. The van der Waals surface area contributed by atoms with Crippen LogP contribution in [0.4, 0.5) is 0 Å². The maximum Gasteiger partial charge on any atom is 0.248 e. The fourth-order valence-electron chi connectivity index (χ4n) is 2.53. The van der Waals surface area contributed by atoms with Gasteiger partial charge in [0.1, 0.15) is 0 Å². The van der Waals surface area contributed by atoms with Crippen molar-refractivity contribution in [1.82, 2.24) is 4.90 Å². The highest BCUT2D eigenvalue weighted by Gasteiger charge is 2.15. The van der Waals surface area contributed by atoms with Gasteiger partial charge in [-0.25, -0.2) is 0 Å². The summed E-state index contributed by atoms with van der Waals surface area (Å²) in [4.78, 5) is 19.2. The molecule has 0 saturated carbocycles. The number of nitrogens with zero attached hydrogens (tertiary/aromatic N) is 2. The van der Waals surface area contributed by atoms with Gasteiger partial charge in [0, 0.05) is 24.6 Å². The van der Waals surface area contributed by atoms with E-state index in [2.05, 4.69) is 6.92 Å². The van der Waals surface area contributed by atoms with E-state index < -0.39 is 5.91 Å². The largest absolute Gasteiger partial charge is 0.393 e. The number of aliphatic hydroxyl groups excluding tert-OH is 1. The van der Waals surface area contributed by atoms with Crippen LogP contribution >= 0.6 is 11.8 Å². The van der Waals surface area contributed by atoms with Crippen molar-refractivity contribution in [2.24, 2.45) is 10.7 Å². The molecule has 144 valence electrons. The molecule has 0 spiro atoms. The van der Waals surface area contributed by atoms with E-state index in [-0.39, 0.29) is 12.1 Å². The zero-order valence-electron chi connectivity index (χ0n) is 16.4. The lowest BCUT2D eigenvalue weighted by Gasteiger charge is -2.21. The number of hydrogen-bond acceptors (Lipinski definition) is 4. The molecule has 0 aliphatic rings. The van der Waals surface area contributed by atoms with Crippen molar-refractivity contribution in [3.05, 3.63) is 41.5 Å². The molecule has 0 bridgehead atoms. The second kappa shape index (κ2) is 11.0. The zero-order chi connectivity index (χ0) is 19.7. The summed E-state index contributed by atoms with van der Waals surface area (Å²) in [6.45, 7) is 5.92. The lowest BCUT2D eigenvalue weighted by atomic mass is 10.1. The normalized spacial score (nSPS) is 14.8. The van der Waals surface area contributed by atoms with Crippen molar-refractivity contribution in [2.45, 2.75) is 52.2 Å². The van der Waals surface area contributed by atoms with E-state index >= 15 is 0 Å². The second-order valence-corrected chi connectivity index (χ2v) is 7.54. The summed E-state index contributed by atoms with van der Waals surface area (Å²) in [5, 5.41) is 10.6. The van der Waals surface area contributed by atoms with Crippen LogP contribution in [0, 0.1) is 0 Å². The number of carbonyl (C=O) groups is 1. The summed E-state index contributed by atoms with van der Waals surface area (Å²) in [5.41, 5.74) is 6.82. The molecular formula is C20H31N3O2S. The van der Waals surface area contributed by atoms with Crippen molar-refractivity contribution < 1.29 is 9.90 Å². The van der Waals surface area contributed by atoms with E-state index in [0.29, 0.717) is 12.0 Å². The molecule has 0 aromatic heterocycles. The van der Waals surface area contributed by atoms with Crippen molar-refractivity contribution in [3.8, 4) is 0 Å². The van der Waals surface area contributed by atoms with Gasteiger partial charge in [-0.05, 0) is 44.4 Å². The number of rotatable bonds is 8. The van der Waals surface area contributed by atoms with Crippen LogP contribution in [0.1, 0.15) is 56.0 Å². The highest BCUT2D eigenvalue weighted by atomic mass is 32.2. The molecule has 26 heavy (non-hydrogen) atoms. The fourth-order valence-corrected chi connectivity index (χ4v) is 3.49. The molecule has 1 rings (SSSR count). The Balaban J connectivity index is 3.05. The lowest BCUT2D eigenvalue weighted by molar-refractivity contribution is 0.1000. The maximum absolute atomic E-state index is 11.2. The van der Waals surface area contributed by atoms with E-state index in [4.69, 9.17) is 10.7 Å². The summed E-state index contributed by atoms with van der Waals surface area (Å²) in [6.07, 6.45) is 4.29. The number of amides is 1. The minimum atomic E-state index is -0.428. The average Bonchev–Trinajstić information content (AvgIpc) is 2.58. The molecule has 5 nitrogen and oxygen atoms in total. The van der Waals surface area contributed by atoms with Gasteiger partial charge in [0.05, 0.1) is 12.1 Å². The van der Waals surface area contributed by atoms with Gasteiger partial charge in [0.15, 0.2) is 5.17 Å². The molecule has 0 radical (unpaired) electrons. The number of nitrogens with two attached hydrogens (primary N) is 1. The number of carbonyl (C=O) groups excluding carboxylic acids is 1. The van der Waals surface area contributed by atoms with Gasteiger partial charge in [-0.2, -0.15) is 0 Å². The number of primary amides is 1. The number of allylic oxidation sites excluding steroid dienone is 1. The van der Waals surface area contributed by atoms with Crippen LogP contribution in [0.5, 0.6) is 0 Å². The Hall–Kier alpha value is -1.79. The van der Waals surface area contributed by atoms with E-state index in [0.717, 1.165) is 28.5 Å². The molecule has 1 aromatic carbocycles. The smallest absolute Gasteiger partial charge is 0.248 e. The summed E-state index contributed by atoms with van der Waals surface area (Å²) in [6, 6.07) is 7.37. The molecule has 3 N–H and O–H groups in total. The van der Waals surface area contributed by atoms with Gasteiger partial charge in [-0.15, -0.1) is 0 Å². The lowest BCUT2D eigenvalue weighted by Crippen LogP contribution is -2.23. The molecule has 1 amide bonds. The summed E-state index contributed by atoms with van der Waals surface area (Å²) in [7, 11) is 3.95. The van der Waals surface area contributed by atoms with Gasteiger partial charge >= 0.3 is 0 Å². The number of thioether (sulfide) groups is 1. The quantitative estimate of drug-likeness (QED) is 0.534. The molecule has 0 saturated heterocycles. The molecule has 2 atom stereocenters. The van der Waals surface area contributed by atoms with E-state index in [9.17, 15) is 9.90 Å². The van der Waals surface area contributed by atoms with Crippen LogP contribution in [0.15, 0.2) is 35.3 Å². The summed E-state index contributed by atoms with van der Waals surface area (Å²) >= 11 is 1.59. The third-order valence-electron chi connectivity index (χ3n) is 3.83. The van der Waals surface area contributed by atoms with E-state index in [1.807, 2.05) is 44.1 Å². The Morgan fingerprint density at radius 1 is 1.31 bits per heavy atom. The minimum absolute atomic E-state index is 0.0974. The third-order valence-corrected chi connectivity index (χ3v) is 5.17. The van der Waals surface area contributed by atoms with Crippen molar-refractivity contribution in [3.63, 3.8) is 0 Å². The molecule has 0 aliphatic carbocycles. The van der Waals surface area contributed by atoms with Crippen molar-refractivity contribution in [2.75, 3.05) is 14.1 Å². The van der Waals surface area contributed by atoms with Crippen LogP contribution in [-0.4, -0.2) is 47.3 Å². The molecule has 0 fully saturated rings.